The third-order valence-corrected chi connectivity index (χ3v) is 6.43. The van der Waals surface area contributed by atoms with Crippen LogP contribution >= 0.6 is 0 Å². The summed E-state index contributed by atoms with van der Waals surface area (Å²) >= 11 is 0. The second-order valence-electron chi connectivity index (χ2n) is 9.10. The van der Waals surface area contributed by atoms with Crippen molar-refractivity contribution in [3.63, 3.8) is 0 Å². The number of aromatic nitrogens is 2. The lowest BCUT2D eigenvalue weighted by atomic mass is 9.53. The van der Waals surface area contributed by atoms with Crippen LogP contribution in [0.4, 0.5) is 10.7 Å². The van der Waals surface area contributed by atoms with Gasteiger partial charge in [-0.15, -0.1) is 0 Å². The molecule has 8 heteroatoms. The summed E-state index contributed by atoms with van der Waals surface area (Å²) in [6.45, 7) is 4.72. The summed E-state index contributed by atoms with van der Waals surface area (Å²) in [4.78, 5) is 26.1. The average molecular weight is 401 g/mol. The van der Waals surface area contributed by atoms with Crippen molar-refractivity contribution in [3.8, 4) is 0 Å². The minimum Gasteiger partial charge on any atom is -0.383 e. The van der Waals surface area contributed by atoms with Crippen molar-refractivity contribution < 1.29 is 9.53 Å². The van der Waals surface area contributed by atoms with Gasteiger partial charge in [0.25, 0.3) is 0 Å². The molecule has 0 spiro atoms. The van der Waals surface area contributed by atoms with E-state index in [1.165, 1.54) is 19.3 Å². The number of hydrogen-bond donors (Lipinski definition) is 3. The molecule has 1 aromatic rings. The molecule has 0 atom stereocenters. The zero-order valence-electron chi connectivity index (χ0n) is 17.6. The number of aryl methyl sites for hydroxylation is 2. The number of methoxy groups -OCH3 is 1. The average Bonchev–Trinajstić information content (AvgIpc) is 2.59. The lowest BCUT2D eigenvalue weighted by Crippen LogP contribution is -2.62. The zero-order chi connectivity index (χ0) is 20.4. The van der Waals surface area contributed by atoms with Crippen LogP contribution in [-0.4, -0.2) is 47.8 Å². The molecule has 4 aliphatic carbocycles. The summed E-state index contributed by atoms with van der Waals surface area (Å²) in [5.41, 5.74) is 1.66. The maximum Gasteiger partial charge on any atom is 0.321 e. The van der Waals surface area contributed by atoms with Crippen LogP contribution in [0.3, 0.4) is 0 Å². The van der Waals surface area contributed by atoms with E-state index >= 15 is 0 Å². The van der Waals surface area contributed by atoms with Crippen LogP contribution in [0.15, 0.2) is 11.1 Å². The van der Waals surface area contributed by atoms with E-state index in [2.05, 4.69) is 30.9 Å². The number of carbonyl (C=O) groups excluding carboxylic acids is 1. The Kier molecular flexibility index (Phi) is 5.72. The van der Waals surface area contributed by atoms with Gasteiger partial charge in [0, 0.05) is 24.0 Å². The smallest absolute Gasteiger partial charge is 0.321 e. The molecule has 0 radical (unpaired) electrons. The van der Waals surface area contributed by atoms with Crippen LogP contribution in [0.2, 0.25) is 0 Å². The Morgan fingerprint density at radius 2 is 1.72 bits per heavy atom. The van der Waals surface area contributed by atoms with E-state index in [1.807, 2.05) is 19.9 Å². The largest absolute Gasteiger partial charge is 0.383 e. The Morgan fingerprint density at radius 3 is 2.28 bits per heavy atom. The van der Waals surface area contributed by atoms with Crippen molar-refractivity contribution in [2.45, 2.75) is 57.9 Å². The minimum absolute atomic E-state index is 0.0487. The predicted octanol–water partition coefficient (Wildman–Crippen LogP) is 2.78. The maximum absolute atomic E-state index is 12.9. The van der Waals surface area contributed by atoms with Gasteiger partial charge in [0.05, 0.1) is 13.2 Å². The summed E-state index contributed by atoms with van der Waals surface area (Å²) in [7, 11) is 1.63. The van der Waals surface area contributed by atoms with Gasteiger partial charge in [-0.3, -0.25) is 15.6 Å². The summed E-state index contributed by atoms with van der Waals surface area (Å²) in [5.74, 6) is 3.10. The van der Waals surface area contributed by atoms with Crippen LogP contribution < -0.4 is 16.0 Å². The number of rotatable bonds is 5. The molecule has 29 heavy (non-hydrogen) atoms. The fourth-order valence-electron chi connectivity index (χ4n) is 5.89. The predicted molar refractivity (Wildman–Crippen MR) is 112 cm³/mol. The first-order valence-corrected chi connectivity index (χ1v) is 10.6. The van der Waals surface area contributed by atoms with E-state index in [-0.39, 0.29) is 11.6 Å². The van der Waals surface area contributed by atoms with Crippen molar-refractivity contribution in [1.82, 2.24) is 20.6 Å². The molecule has 5 rings (SSSR count). The van der Waals surface area contributed by atoms with E-state index in [0.717, 1.165) is 48.4 Å². The molecule has 0 saturated heterocycles. The monoisotopic (exact) mass is 400 g/mol. The number of nitrogens with one attached hydrogen (secondary N) is 3. The molecule has 1 aromatic heterocycles. The Labute approximate surface area is 172 Å². The second kappa shape index (κ2) is 8.26. The molecule has 4 aliphatic rings. The Bertz CT molecular complexity index is 738. The number of ether oxygens (including phenoxy) is 1. The molecule has 4 saturated carbocycles. The summed E-state index contributed by atoms with van der Waals surface area (Å²) in [6.07, 6.45) is 7.36. The number of urea groups is 1. The summed E-state index contributed by atoms with van der Waals surface area (Å²) in [6, 6.07) is 1.69. The third kappa shape index (κ3) is 4.86. The number of carbonyl (C=O) groups is 1. The highest BCUT2D eigenvalue weighted by Gasteiger charge is 2.51. The second-order valence-corrected chi connectivity index (χ2v) is 9.10. The fraction of sp³-hybridized carbons (Fsp3) is 0.714. The van der Waals surface area contributed by atoms with Crippen molar-refractivity contribution in [2.24, 2.45) is 22.7 Å². The molecular formula is C21H32N6O2. The standard InChI is InChI=1S/C21H32N6O2/c1-13-6-14(2)24-19(23-13)25-18(22-4-5-29-3)26-20(28)27-21-10-15-7-16(11-21)9-17(8-15)12-21/h6,15-17H,4-5,7-12H2,1-3H3,(H3,22,23,24,25,26,27,28). The van der Waals surface area contributed by atoms with Crippen LogP contribution in [0.5, 0.6) is 0 Å². The highest BCUT2D eigenvalue weighted by Crippen LogP contribution is 2.55. The molecule has 8 nitrogen and oxygen atoms in total. The zero-order valence-corrected chi connectivity index (χ0v) is 17.6. The van der Waals surface area contributed by atoms with Gasteiger partial charge in [-0.2, -0.15) is 0 Å². The van der Waals surface area contributed by atoms with Crippen LogP contribution in [0.1, 0.15) is 49.9 Å². The molecule has 158 valence electrons. The molecule has 0 aliphatic heterocycles. The third-order valence-electron chi connectivity index (χ3n) is 6.43. The highest BCUT2D eigenvalue weighted by atomic mass is 16.5. The van der Waals surface area contributed by atoms with Gasteiger partial charge < -0.3 is 10.1 Å². The Balaban J connectivity index is 1.43. The normalized spacial score (nSPS) is 30.3. The SMILES string of the molecule is COCCN=C(NC(=O)NC12CC3CC(CC(C3)C1)C2)Nc1nc(C)cc(C)n1. The first-order chi connectivity index (χ1) is 13.9. The van der Waals surface area contributed by atoms with Gasteiger partial charge in [0.2, 0.25) is 11.9 Å². The van der Waals surface area contributed by atoms with Crippen LogP contribution in [-0.2, 0) is 4.74 Å². The van der Waals surface area contributed by atoms with E-state index < -0.39 is 0 Å². The topological polar surface area (TPSA) is 101 Å². The molecule has 0 aromatic carbocycles. The highest BCUT2D eigenvalue weighted by molar-refractivity contribution is 6.03. The number of aliphatic imine (C=N–C) groups is 1. The molecule has 2 amide bonds. The van der Waals surface area contributed by atoms with Gasteiger partial charge in [0.15, 0.2) is 0 Å². The van der Waals surface area contributed by atoms with E-state index in [0.29, 0.717) is 25.1 Å². The fourth-order valence-corrected chi connectivity index (χ4v) is 5.89. The quantitative estimate of drug-likeness (QED) is 0.401. The van der Waals surface area contributed by atoms with Gasteiger partial charge in [-0.05, 0) is 76.2 Å². The van der Waals surface area contributed by atoms with Gasteiger partial charge in [0.1, 0.15) is 0 Å². The lowest BCUT2D eigenvalue weighted by molar-refractivity contribution is -0.0132. The van der Waals surface area contributed by atoms with Crippen molar-refractivity contribution >= 4 is 17.9 Å². The number of guanidine groups is 1. The number of amides is 2. The van der Waals surface area contributed by atoms with Crippen molar-refractivity contribution in [1.29, 1.82) is 0 Å². The first kappa shape index (κ1) is 20.1. The molecule has 1 heterocycles. The minimum atomic E-state index is -0.208. The number of hydrogen-bond acceptors (Lipinski definition) is 5. The van der Waals surface area contributed by atoms with Crippen LogP contribution in [0.25, 0.3) is 0 Å². The molecule has 4 fully saturated rings. The number of nitrogens with zero attached hydrogens (tertiary/aromatic N) is 3. The van der Waals surface area contributed by atoms with Gasteiger partial charge in [-0.25, -0.2) is 14.8 Å². The molecule has 0 unspecified atom stereocenters. The Hall–Kier alpha value is -2.22. The molecule has 4 bridgehead atoms. The van der Waals surface area contributed by atoms with Crippen molar-refractivity contribution in [2.75, 3.05) is 25.6 Å². The summed E-state index contributed by atoms with van der Waals surface area (Å²) < 4.78 is 5.08. The lowest BCUT2D eigenvalue weighted by Gasteiger charge is -2.56. The maximum atomic E-state index is 12.9. The molecular weight excluding hydrogens is 368 g/mol. The van der Waals surface area contributed by atoms with E-state index in [9.17, 15) is 4.79 Å². The van der Waals surface area contributed by atoms with Crippen LogP contribution in [0, 0.1) is 31.6 Å². The van der Waals surface area contributed by atoms with Crippen molar-refractivity contribution in [3.05, 3.63) is 17.5 Å². The summed E-state index contributed by atoms with van der Waals surface area (Å²) in [5, 5.41) is 9.26. The number of anilines is 1. The van der Waals surface area contributed by atoms with Gasteiger partial charge in [-0.1, -0.05) is 0 Å². The van der Waals surface area contributed by atoms with E-state index in [4.69, 9.17) is 4.74 Å². The Morgan fingerprint density at radius 1 is 1.14 bits per heavy atom. The molecule has 3 N–H and O–H groups in total. The van der Waals surface area contributed by atoms with Gasteiger partial charge >= 0.3 is 6.03 Å². The first-order valence-electron chi connectivity index (χ1n) is 10.6. The van der Waals surface area contributed by atoms with E-state index in [1.54, 1.807) is 7.11 Å².